The van der Waals surface area contributed by atoms with E-state index >= 15 is 0 Å². The van der Waals surface area contributed by atoms with Gasteiger partial charge in [0.05, 0.1) is 6.07 Å². The molecule has 1 aromatic carbocycles. The Kier molecular flexibility index (Phi) is 4.31. The van der Waals surface area contributed by atoms with Crippen LogP contribution in [0.15, 0.2) is 22.6 Å². The van der Waals surface area contributed by atoms with E-state index in [9.17, 15) is 18.8 Å². The summed E-state index contributed by atoms with van der Waals surface area (Å²) < 4.78 is 26.7. The summed E-state index contributed by atoms with van der Waals surface area (Å²) in [5.74, 6) is 1.53. The van der Waals surface area contributed by atoms with Gasteiger partial charge in [-0.3, -0.25) is 0 Å². The van der Waals surface area contributed by atoms with Gasteiger partial charge in [-0.1, -0.05) is 59.2 Å². The molecule has 0 heterocycles. The first-order valence-electron chi connectivity index (χ1n) is 10.5. The first-order valence-corrected chi connectivity index (χ1v) is 12.0. The van der Waals surface area contributed by atoms with Gasteiger partial charge < -0.3 is 5.11 Å². The number of phenolic OH excluding ortho intramolecular Hbond substituents is 1. The van der Waals surface area contributed by atoms with Gasteiger partial charge in [0.2, 0.25) is 0 Å². The van der Waals surface area contributed by atoms with Gasteiger partial charge in [-0.25, -0.2) is 8.42 Å². The summed E-state index contributed by atoms with van der Waals surface area (Å²) in [5, 5.41) is 19.6. The Morgan fingerprint density at radius 3 is 1.90 bits per heavy atom. The number of hydrogen-bond acceptors (Lipinski definition) is 4. The van der Waals surface area contributed by atoms with E-state index in [2.05, 4.69) is 6.07 Å². The molecule has 3 unspecified atom stereocenters. The molecule has 0 aliphatic heterocycles. The molecule has 0 aromatic heterocycles. The van der Waals surface area contributed by atoms with E-state index in [0.717, 1.165) is 35.1 Å². The van der Waals surface area contributed by atoms with Crippen molar-refractivity contribution in [1.82, 2.24) is 0 Å². The summed E-state index contributed by atoms with van der Waals surface area (Å²) in [6.45, 7) is 12.2. The van der Waals surface area contributed by atoms with Crippen molar-refractivity contribution in [1.29, 1.82) is 5.26 Å². The molecule has 5 rings (SSSR count). The molecule has 29 heavy (non-hydrogen) atoms. The van der Waals surface area contributed by atoms with Crippen molar-refractivity contribution >= 4 is 9.84 Å². The van der Waals surface area contributed by atoms with Crippen LogP contribution in [0.2, 0.25) is 0 Å². The zero-order chi connectivity index (χ0) is 21.5. The number of sulfone groups is 1. The molecule has 5 heteroatoms. The number of aromatic hydroxyl groups is 1. The number of benzene rings is 1. The Labute approximate surface area is 174 Å². The minimum Gasteiger partial charge on any atom is -0.507 e. The molecule has 156 valence electrons. The second-order valence-corrected chi connectivity index (χ2v) is 13.2. The Hall–Kier alpha value is -1.80. The highest BCUT2D eigenvalue weighted by Crippen LogP contribution is 2.71. The third kappa shape index (κ3) is 3.11. The highest BCUT2D eigenvalue weighted by Gasteiger charge is 2.66. The van der Waals surface area contributed by atoms with Crippen LogP contribution in [0.1, 0.15) is 71.1 Å². The molecule has 0 spiro atoms. The van der Waals surface area contributed by atoms with E-state index in [1.807, 2.05) is 53.7 Å². The standard InChI is InChI=1S/C24H31NO3S/c1-23(2,3)18-8-13(9-19(21(18)26)24(4,5)6)7-15(12-25)29(27,28)22-14-10-16-17(11-14)20(16)22/h8-9,15-17,20,26H,7,10-11H2,1-6H3. The zero-order valence-electron chi connectivity index (χ0n) is 18.2. The quantitative estimate of drug-likeness (QED) is 0.772. The van der Waals surface area contributed by atoms with Crippen LogP contribution in [0.5, 0.6) is 5.75 Å². The van der Waals surface area contributed by atoms with Crippen LogP contribution in [-0.2, 0) is 27.1 Å². The van der Waals surface area contributed by atoms with E-state index in [4.69, 9.17) is 0 Å². The van der Waals surface area contributed by atoms with Crippen LogP contribution in [-0.4, -0.2) is 18.8 Å². The molecule has 0 saturated heterocycles. The highest BCUT2D eigenvalue weighted by atomic mass is 32.2. The molecule has 0 radical (unpaired) electrons. The maximum atomic E-state index is 13.3. The summed E-state index contributed by atoms with van der Waals surface area (Å²) in [6, 6.07) is 5.86. The summed E-state index contributed by atoms with van der Waals surface area (Å²) >= 11 is 0. The molecule has 4 nitrogen and oxygen atoms in total. The van der Waals surface area contributed by atoms with Gasteiger partial charge >= 0.3 is 0 Å². The van der Waals surface area contributed by atoms with Crippen molar-refractivity contribution in [3.05, 3.63) is 39.3 Å². The number of phenols is 1. The van der Waals surface area contributed by atoms with Crippen LogP contribution < -0.4 is 0 Å². The van der Waals surface area contributed by atoms with E-state index in [1.54, 1.807) is 0 Å². The average Bonchev–Trinajstić information content (AvgIpc) is 3.00. The summed E-state index contributed by atoms with van der Waals surface area (Å²) in [5.41, 5.74) is 2.89. The topological polar surface area (TPSA) is 78.2 Å². The lowest BCUT2D eigenvalue weighted by Gasteiger charge is -2.28. The molecular formula is C24H31NO3S. The van der Waals surface area contributed by atoms with Crippen LogP contribution in [0, 0.1) is 29.1 Å². The van der Waals surface area contributed by atoms with E-state index in [0.29, 0.717) is 16.7 Å². The molecule has 0 amide bonds. The summed E-state index contributed by atoms with van der Waals surface area (Å²) in [7, 11) is -3.61. The Balaban J connectivity index is 1.73. The molecule has 1 aromatic rings. The second kappa shape index (κ2) is 6.11. The van der Waals surface area contributed by atoms with Gasteiger partial charge in [0, 0.05) is 17.2 Å². The fourth-order valence-electron chi connectivity index (χ4n) is 5.42. The lowest BCUT2D eigenvalue weighted by Crippen LogP contribution is -2.25. The highest BCUT2D eigenvalue weighted by molar-refractivity contribution is 7.96. The smallest absolute Gasteiger partial charge is 0.191 e. The Morgan fingerprint density at radius 2 is 1.55 bits per heavy atom. The van der Waals surface area contributed by atoms with Gasteiger partial charge in [-0.15, -0.1) is 0 Å². The molecule has 4 aliphatic rings. The third-order valence-electron chi connectivity index (χ3n) is 6.98. The first-order chi connectivity index (χ1) is 13.3. The first kappa shape index (κ1) is 20.5. The van der Waals surface area contributed by atoms with Gasteiger partial charge in [0.25, 0.3) is 0 Å². The van der Waals surface area contributed by atoms with E-state index in [1.165, 1.54) is 0 Å². The fraction of sp³-hybridized carbons (Fsp3) is 0.625. The van der Waals surface area contributed by atoms with Gasteiger partial charge in [-0.05, 0) is 52.2 Å². The number of nitrogens with zero attached hydrogens (tertiary/aromatic N) is 1. The van der Waals surface area contributed by atoms with Crippen molar-refractivity contribution in [3.63, 3.8) is 0 Å². The molecule has 3 atom stereocenters. The number of rotatable bonds is 4. The maximum Gasteiger partial charge on any atom is 0.191 e. The monoisotopic (exact) mass is 413 g/mol. The van der Waals surface area contributed by atoms with Crippen LogP contribution in [0.3, 0.4) is 0 Å². The van der Waals surface area contributed by atoms with Crippen LogP contribution in [0.4, 0.5) is 0 Å². The predicted molar refractivity (Wildman–Crippen MR) is 114 cm³/mol. The summed E-state index contributed by atoms with van der Waals surface area (Å²) in [4.78, 5) is 0.602. The van der Waals surface area contributed by atoms with Gasteiger partial charge in [0.15, 0.2) is 15.1 Å². The number of allylic oxidation sites excluding steroid dienone is 2. The van der Waals surface area contributed by atoms with Gasteiger partial charge in [-0.2, -0.15) is 5.26 Å². The minimum atomic E-state index is -3.61. The SMILES string of the molecule is CC(C)(C)c1cc(CC(C#N)S(=O)(=O)C2=C3CC4C(C3)C24)cc(C(C)(C)C)c1O. The van der Waals surface area contributed by atoms with Crippen molar-refractivity contribution < 1.29 is 13.5 Å². The molecule has 4 aliphatic carbocycles. The lowest BCUT2D eigenvalue weighted by atomic mass is 9.78. The van der Waals surface area contributed by atoms with E-state index in [-0.39, 0.29) is 28.9 Å². The van der Waals surface area contributed by atoms with Crippen molar-refractivity contribution in [2.45, 2.75) is 76.9 Å². The molecular weight excluding hydrogens is 382 g/mol. The van der Waals surface area contributed by atoms with Crippen LogP contribution in [0.25, 0.3) is 0 Å². The molecule has 2 saturated carbocycles. The Morgan fingerprint density at radius 1 is 1.07 bits per heavy atom. The van der Waals surface area contributed by atoms with E-state index < -0.39 is 15.1 Å². The minimum absolute atomic E-state index is 0.157. The lowest BCUT2D eigenvalue weighted by molar-refractivity contribution is 0.422. The largest absolute Gasteiger partial charge is 0.507 e. The normalized spacial score (nSPS) is 26.6. The molecule has 2 fully saturated rings. The summed E-state index contributed by atoms with van der Waals surface area (Å²) in [6.07, 6.45) is 2.00. The zero-order valence-corrected chi connectivity index (χ0v) is 19.0. The molecule has 4 bridgehead atoms. The second-order valence-electron chi connectivity index (χ2n) is 11.1. The number of hydrogen-bond donors (Lipinski definition) is 1. The van der Waals surface area contributed by atoms with Crippen molar-refractivity contribution in [2.24, 2.45) is 17.8 Å². The van der Waals surface area contributed by atoms with Crippen molar-refractivity contribution in [3.8, 4) is 11.8 Å². The van der Waals surface area contributed by atoms with Crippen LogP contribution >= 0.6 is 0 Å². The third-order valence-corrected chi connectivity index (χ3v) is 9.17. The van der Waals surface area contributed by atoms with Gasteiger partial charge in [0.1, 0.15) is 5.75 Å². The fourth-order valence-corrected chi connectivity index (χ4v) is 7.57. The maximum absolute atomic E-state index is 13.3. The average molecular weight is 414 g/mol. The Bertz CT molecular complexity index is 1010. The number of nitriles is 1. The predicted octanol–water partition coefficient (Wildman–Crippen LogP) is 4.76. The van der Waals surface area contributed by atoms with Crippen molar-refractivity contribution in [2.75, 3.05) is 0 Å². The molecule has 1 N–H and O–H groups in total.